The normalized spacial score (nSPS) is 14.7. The summed E-state index contributed by atoms with van der Waals surface area (Å²) in [6.45, 7) is 0.852. The van der Waals surface area contributed by atoms with Crippen LogP contribution >= 0.6 is 0 Å². The van der Waals surface area contributed by atoms with Gasteiger partial charge < -0.3 is 11.1 Å². The minimum Gasteiger partial charge on any atom is -0.368 e. The fraction of sp³-hybridized carbons (Fsp3) is 0.500. The highest BCUT2D eigenvalue weighted by Gasteiger charge is 2.20. The van der Waals surface area contributed by atoms with E-state index in [2.05, 4.69) is 30.4 Å². The molecule has 1 fully saturated rings. The number of nitrogens with one attached hydrogen (secondary N) is 1. The fourth-order valence-electron chi connectivity index (χ4n) is 1.67. The predicted octanol–water partition coefficient (Wildman–Crippen LogP) is 0.246. The number of nitrogen functional groups attached to an aromatic ring is 1. The van der Waals surface area contributed by atoms with Gasteiger partial charge in [-0.15, -0.1) is 0 Å². The van der Waals surface area contributed by atoms with Crippen LogP contribution in [0.2, 0.25) is 0 Å². The number of nitrogens with two attached hydrogens (primary N) is 1. The molecule has 0 amide bonds. The van der Waals surface area contributed by atoms with Crippen LogP contribution in [-0.4, -0.2) is 36.3 Å². The molecule has 0 aromatic carbocycles. The van der Waals surface area contributed by atoms with Gasteiger partial charge in [0.1, 0.15) is 12.7 Å². The fourth-order valence-corrected chi connectivity index (χ4v) is 1.67. The van der Waals surface area contributed by atoms with Gasteiger partial charge in [-0.1, -0.05) is 12.8 Å². The molecule has 0 radical (unpaired) electrons. The van der Waals surface area contributed by atoms with Crippen molar-refractivity contribution in [2.24, 2.45) is 5.92 Å². The molecule has 3 N–H and O–H groups in total. The lowest BCUT2D eigenvalue weighted by molar-refractivity contribution is 0.749. The standard InChI is InChI=1S/C10H14N8/c11-8-15-9(13-4-3-7-1-2-7)17-10(16-8)18-6-12-5-14-18/h5-7H,1-4H2,(H3,11,13,15,16,17). The van der Waals surface area contributed by atoms with Crippen LogP contribution in [0.15, 0.2) is 12.7 Å². The van der Waals surface area contributed by atoms with Crippen LogP contribution in [0.3, 0.4) is 0 Å². The minimum atomic E-state index is 0.171. The summed E-state index contributed by atoms with van der Waals surface area (Å²) in [5, 5.41) is 7.11. The van der Waals surface area contributed by atoms with Crippen molar-refractivity contribution in [3.8, 4) is 5.95 Å². The van der Waals surface area contributed by atoms with Gasteiger partial charge >= 0.3 is 0 Å². The average molecular weight is 246 g/mol. The first-order valence-electron chi connectivity index (χ1n) is 5.92. The van der Waals surface area contributed by atoms with Gasteiger partial charge in [-0.2, -0.15) is 24.7 Å². The Labute approximate surface area is 104 Å². The van der Waals surface area contributed by atoms with Crippen LogP contribution in [0.5, 0.6) is 0 Å². The lowest BCUT2D eigenvalue weighted by Gasteiger charge is -2.06. The topological polar surface area (TPSA) is 107 Å². The minimum absolute atomic E-state index is 0.171. The van der Waals surface area contributed by atoms with E-state index in [0.29, 0.717) is 11.9 Å². The average Bonchev–Trinajstić information content (AvgIpc) is 3.01. The zero-order valence-corrected chi connectivity index (χ0v) is 9.82. The Hall–Kier alpha value is -2.25. The Bertz CT molecular complexity index is 519. The van der Waals surface area contributed by atoms with Crippen LogP contribution in [-0.2, 0) is 0 Å². The molecule has 8 heteroatoms. The molecule has 0 bridgehead atoms. The third kappa shape index (κ3) is 2.53. The first-order chi connectivity index (χ1) is 8.81. The van der Waals surface area contributed by atoms with Crippen LogP contribution in [0.4, 0.5) is 11.9 Å². The van der Waals surface area contributed by atoms with E-state index in [-0.39, 0.29) is 5.95 Å². The van der Waals surface area contributed by atoms with Gasteiger partial charge in [-0.25, -0.2) is 4.98 Å². The van der Waals surface area contributed by atoms with Crippen molar-refractivity contribution in [1.29, 1.82) is 0 Å². The Morgan fingerprint density at radius 1 is 1.33 bits per heavy atom. The molecule has 8 nitrogen and oxygen atoms in total. The third-order valence-corrected chi connectivity index (χ3v) is 2.80. The summed E-state index contributed by atoms with van der Waals surface area (Å²) in [5.41, 5.74) is 5.65. The quantitative estimate of drug-likeness (QED) is 0.778. The van der Waals surface area contributed by atoms with E-state index in [1.165, 1.54) is 30.2 Å². The second-order valence-corrected chi connectivity index (χ2v) is 4.32. The molecule has 0 aliphatic heterocycles. The number of rotatable bonds is 5. The second kappa shape index (κ2) is 4.55. The SMILES string of the molecule is Nc1nc(NCCC2CC2)nc(-n2cncn2)n1. The lowest BCUT2D eigenvalue weighted by Crippen LogP contribution is -2.12. The van der Waals surface area contributed by atoms with Crippen molar-refractivity contribution in [3.05, 3.63) is 12.7 Å². The Morgan fingerprint density at radius 3 is 2.94 bits per heavy atom. The number of aromatic nitrogens is 6. The lowest BCUT2D eigenvalue weighted by atomic mass is 10.3. The number of anilines is 2. The van der Waals surface area contributed by atoms with Crippen molar-refractivity contribution < 1.29 is 0 Å². The highest BCUT2D eigenvalue weighted by Crippen LogP contribution is 2.31. The van der Waals surface area contributed by atoms with Crippen LogP contribution in [0, 0.1) is 5.92 Å². The third-order valence-electron chi connectivity index (χ3n) is 2.80. The summed E-state index contributed by atoms with van der Waals surface area (Å²) in [7, 11) is 0. The zero-order valence-electron chi connectivity index (χ0n) is 9.82. The number of hydrogen-bond donors (Lipinski definition) is 2. The Balaban J connectivity index is 1.72. The first kappa shape index (κ1) is 10.9. The molecule has 18 heavy (non-hydrogen) atoms. The van der Waals surface area contributed by atoms with Gasteiger partial charge in [0, 0.05) is 6.54 Å². The van der Waals surface area contributed by atoms with Crippen LogP contribution < -0.4 is 11.1 Å². The second-order valence-electron chi connectivity index (χ2n) is 4.32. The van der Waals surface area contributed by atoms with E-state index in [1.54, 1.807) is 0 Å². The van der Waals surface area contributed by atoms with Crippen molar-refractivity contribution in [3.63, 3.8) is 0 Å². The summed E-state index contributed by atoms with van der Waals surface area (Å²) in [6, 6.07) is 0. The van der Waals surface area contributed by atoms with E-state index >= 15 is 0 Å². The van der Waals surface area contributed by atoms with Crippen molar-refractivity contribution >= 4 is 11.9 Å². The molecular weight excluding hydrogens is 232 g/mol. The van der Waals surface area contributed by atoms with Gasteiger partial charge in [0.25, 0.3) is 5.95 Å². The maximum atomic E-state index is 5.65. The summed E-state index contributed by atoms with van der Waals surface area (Å²) >= 11 is 0. The van der Waals surface area contributed by atoms with Gasteiger partial charge in [0.15, 0.2) is 0 Å². The van der Waals surface area contributed by atoms with E-state index in [0.717, 1.165) is 18.9 Å². The number of hydrogen-bond acceptors (Lipinski definition) is 7. The molecule has 0 spiro atoms. The summed E-state index contributed by atoms with van der Waals surface area (Å²) in [6.07, 6.45) is 6.75. The highest BCUT2D eigenvalue weighted by molar-refractivity contribution is 5.34. The number of nitrogens with zero attached hydrogens (tertiary/aromatic N) is 6. The Kier molecular flexibility index (Phi) is 2.75. The maximum Gasteiger partial charge on any atom is 0.258 e. The molecule has 3 rings (SSSR count). The van der Waals surface area contributed by atoms with Crippen LogP contribution in [0.25, 0.3) is 5.95 Å². The van der Waals surface area contributed by atoms with Crippen molar-refractivity contribution in [2.45, 2.75) is 19.3 Å². The van der Waals surface area contributed by atoms with Gasteiger partial charge in [0.2, 0.25) is 11.9 Å². The molecule has 0 atom stereocenters. The molecular formula is C10H14N8. The molecule has 1 saturated carbocycles. The largest absolute Gasteiger partial charge is 0.368 e. The van der Waals surface area contributed by atoms with Crippen LogP contribution in [0.1, 0.15) is 19.3 Å². The summed E-state index contributed by atoms with van der Waals surface area (Å²) < 4.78 is 1.45. The predicted molar refractivity (Wildman–Crippen MR) is 65.0 cm³/mol. The van der Waals surface area contributed by atoms with Crippen molar-refractivity contribution in [1.82, 2.24) is 29.7 Å². The van der Waals surface area contributed by atoms with E-state index in [9.17, 15) is 0 Å². The molecule has 0 unspecified atom stereocenters. The molecule has 2 heterocycles. The smallest absolute Gasteiger partial charge is 0.258 e. The van der Waals surface area contributed by atoms with E-state index in [4.69, 9.17) is 5.73 Å². The van der Waals surface area contributed by atoms with Gasteiger partial charge in [0.05, 0.1) is 0 Å². The zero-order chi connectivity index (χ0) is 12.4. The van der Waals surface area contributed by atoms with Gasteiger partial charge in [-0.3, -0.25) is 0 Å². The highest BCUT2D eigenvalue weighted by atomic mass is 15.4. The Morgan fingerprint density at radius 2 is 2.22 bits per heavy atom. The molecule has 0 saturated heterocycles. The molecule has 1 aliphatic rings. The van der Waals surface area contributed by atoms with Crippen molar-refractivity contribution in [2.75, 3.05) is 17.6 Å². The molecule has 2 aromatic rings. The first-order valence-corrected chi connectivity index (χ1v) is 5.92. The molecule has 2 aromatic heterocycles. The van der Waals surface area contributed by atoms with E-state index < -0.39 is 0 Å². The van der Waals surface area contributed by atoms with E-state index in [1.807, 2.05) is 0 Å². The maximum absolute atomic E-state index is 5.65. The summed E-state index contributed by atoms with van der Waals surface area (Å²) in [4.78, 5) is 16.1. The summed E-state index contributed by atoms with van der Waals surface area (Å²) in [5.74, 6) is 1.89. The molecule has 94 valence electrons. The monoisotopic (exact) mass is 246 g/mol. The molecule has 1 aliphatic carbocycles. The van der Waals surface area contributed by atoms with Gasteiger partial charge in [-0.05, 0) is 12.3 Å².